The van der Waals surface area contributed by atoms with Crippen LogP contribution in [0.3, 0.4) is 0 Å². The number of carbonyl (C=O) groups excluding carboxylic acids is 2. The molecule has 3 N–H and O–H groups in total. The number of aryl methyl sites for hydroxylation is 1. The summed E-state index contributed by atoms with van der Waals surface area (Å²) in [6.07, 6.45) is 1.60. The fourth-order valence-electron chi connectivity index (χ4n) is 4.82. The molecule has 1 aromatic carbocycles. The average Bonchev–Trinajstić information content (AvgIpc) is 3.56. The number of amides is 2. The SMILES string of the molecule is C=CC(=O)N1C[C@@H](n2nc(C#Cc3c(F)cc4c(nc(C)n4C(F)F)c3F)c(C(N)=O)c2NC)C[C@@H]1COC. The predicted molar refractivity (Wildman–Crippen MR) is 133 cm³/mol. The first kappa shape index (κ1) is 27.6. The standard InChI is InChI=1S/C25H25F4N7O3/c1-5-19(37)34-10-13(8-14(34)11-39-4)36-24(31-3)20(23(30)38)17(33-36)7-6-15-16(26)9-18-22(21(15)27)32-12(2)35(18)25(28)29/h5,9,13-14,25,31H,1,8,10-11H2,2-4H3,(H2,30,38)/t13-,14+/m0/s1. The number of nitrogens with two attached hydrogens (primary N) is 1. The minimum Gasteiger partial charge on any atom is -0.383 e. The monoisotopic (exact) mass is 547 g/mol. The topological polar surface area (TPSA) is 120 Å². The molecule has 3 heterocycles. The Kier molecular flexibility index (Phi) is 7.64. The van der Waals surface area contributed by atoms with Crippen molar-refractivity contribution in [3.63, 3.8) is 0 Å². The lowest BCUT2D eigenvalue weighted by atomic mass is 10.1. The number of fused-ring (bicyclic) bond motifs is 1. The molecule has 10 nitrogen and oxygen atoms in total. The molecule has 206 valence electrons. The maximum Gasteiger partial charge on any atom is 0.320 e. The molecule has 0 aliphatic carbocycles. The zero-order valence-electron chi connectivity index (χ0n) is 21.3. The number of benzene rings is 1. The number of likely N-dealkylation sites (tertiary alicyclic amines) is 1. The van der Waals surface area contributed by atoms with Crippen molar-refractivity contribution in [1.29, 1.82) is 0 Å². The zero-order chi connectivity index (χ0) is 28.6. The van der Waals surface area contributed by atoms with Crippen LogP contribution >= 0.6 is 0 Å². The number of ether oxygens (including phenoxy) is 1. The molecule has 1 fully saturated rings. The summed E-state index contributed by atoms with van der Waals surface area (Å²) >= 11 is 0. The first-order chi connectivity index (χ1) is 18.5. The van der Waals surface area contributed by atoms with E-state index in [0.29, 0.717) is 11.0 Å². The number of rotatable bonds is 7. The molecule has 1 aliphatic heterocycles. The van der Waals surface area contributed by atoms with E-state index >= 15 is 4.39 Å². The highest BCUT2D eigenvalue weighted by Gasteiger charge is 2.38. The normalized spacial score (nSPS) is 17.0. The molecule has 0 saturated carbocycles. The van der Waals surface area contributed by atoms with Crippen molar-refractivity contribution in [1.82, 2.24) is 24.2 Å². The van der Waals surface area contributed by atoms with Crippen LogP contribution in [0.1, 0.15) is 46.5 Å². The molecular weight excluding hydrogens is 522 g/mol. The molecule has 1 saturated heterocycles. The third-order valence-electron chi connectivity index (χ3n) is 6.50. The summed E-state index contributed by atoms with van der Waals surface area (Å²) in [6, 6.07) is 0.00889. The van der Waals surface area contributed by atoms with Crippen molar-refractivity contribution in [2.24, 2.45) is 5.73 Å². The number of methoxy groups -OCH3 is 1. The number of imidazole rings is 1. The van der Waals surface area contributed by atoms with Crippen LogP contribution in [-0.2, 0) is 9.53 Å². The fourth-order valence-corrected chi connectivity index (χ4v) is 4.82. The average molecular weight is 548 g/mol. The molecule has 0 unspecified atom stereocenters. The van der Waals surface area contributed by atoms with Crippen molar-refractivity contribution >= 4 is 28.7 Å². The Morgan fingerprint density at radius 3 is 2.67 bits per heavy atom. The van der Waals surface area contributed by atoms with E-state index in [4.69, 9.17) is 10.5 Å². The van der Waals surface area contributed by atoms with Crippen LogP contribution in [0.25, 0.3) is 11.0 Å². The van der Waals surface area contributed by atoms with Crippen molar-refractivity contribution < 1.29 is 31.9 Å². The summed E-state index contributed by atoms with van der Waals surface area (Å²) in [5.74, 6) is 1.17. The van der Waals surface area contributed by atoms with Gasteiger partial charge in [-0.05, 0) is 25.3 Å². The smallest absolute Gasteiger partial charge is 0.320 e. The molecule has 14 heteroatoms. The Hall–Kier alpha value is -4.38. The van der Waals surface area contributed by atoms with Gasteiger partial charge in [-0.15, -0.1) is 0 Å². The molecule has 2 atom stereocenters. The van der Waals surface area contributed by atoms with E-state index < -0.39 is 46.7 Å². The highest BCUT2D eigenvalue weighted by molar-refractivity contribution is 6.00. The molecule has 4 rings (SSSR count). The van der Waals surface area contributed by atoms with E-state index in [2.05, 4.69) is 33.8 Å². The van der Waals surface area contributed by atoms with Crippen LogP contribution in [0, 0.1) is 30.4 Å². The van der Waals surface area contributed by atoms with Crippen LogP contribution in [-0.4, -0.2) is 69.4 Å². The highest BCUT2D eigenvalue weighted by atomic mass is 19.3. The molecular formula is C25H25F4N7O3. The minimum atomic E-state index is -3.05. The molecule has 2 amide bonds. The van der Waals surface area contributed by atoms with E-state index in [9.17, 15) is 22.8 Å². The second-order valence-corrected chi connectivity index (χ2v) is 8.80. The van der Waals surface area contributed by atoms with Gasteiger partial charge in [-0.2, -0.15) is 13.9 Å². The molecule has 39 heavy (non-hydrogen) atoms. The van der Waals surface area contributed by atoms with E-state index in [-0.39, 0.29) is 48.0 Å². The number of primary amides is 1. The third kappa shape index (κ3) is 4.81. The van der Waals surface area contributed by atoms with Crippen molar-refractivity contribution in [3.05, 3.63) is 53.0 Å². The molecule has 0 radical (unpaired) electrons. The molecule has 1 aliphatic rings. The Labute approximate surface area is 220 Å². The van der Waals surface area contributed by atoms with E-state index in [1.54, 1.807) is 4.90 Å². The molecule has 2 aromatic heterocycles. The maximum atomic E-state index is 15.2. The second-order valence-electron chi connectivity index (χ2n) is 8.80. The van der Waals surface area contributed by atoms with E-state index in [1.165, 1.54) is 31.8 Å². The number of hydrogen-bond acceptors (Lipinski definition) is 6. The summed E-state index contributed by atoms with van der Waals surface area (Å²) in [4.78, 5) is 30.1. The number of carbonyl (C=O) groups is 2. The number of anilines is 1. The molecule has 0 bridgehead atoms. The van der Waals surface area contributed by atoms with Gasteiger partial charge in [0, 0.05) is 26.8 Å². The lowest BCUT2D eigenvalue weighted by Gasteiger charge is -2.22. The second kappa shape index (κ2) is 10.8. The summed E-state index contributed by atoms with van der Waals surface area (Å²) in [5, 5.41) is 7.25. The van der Waals surface area contributed by atoms with Gasteiger partial charge in [0.1, 0.15) is 28.5 Å². The van der Waals surface area contributed by atoms with Gasteiger partial charge < -0.3 is 20.7 Å². The van der Waals surface area contributed by atoms with Crippen molar-refractivity contribution in [3.8, 4) is 11.8 Å². The third-order valence-corrected chi connectivity index (χ3v) is 6.50. The number of nitrogens with zero attached hydrogens (tertiary/aromatic N) is 5. The van der Waals surface area contributed by atoms with Crippen LogP contribution in [0.4, 0.5) is 23.4 Å². The Morgan fingerprint density at radius 2 is 2.08 bits per heavy atom. The highest BCUT2D eigenvalue weighted by Crippen LogP contribution is 2.33. The first-order valence-electron chi connectivity index (χ1n) is 11.7. The number of halogens is 4. The van der Waals surface area contributed by atoms with Gasteiger partial charge in [0.2, 0.25) is 5.91 Å². The van der Waals surface area contributed by atoms with Gasteiger partial charge in [0.15, 0.2) is 11.5 Å². The van der Waals surface area contributed by atoms with Gasteiger partial charge in [0.25, 0.3) is 5.91 Å². The Balaban J connectivity index is 1.80. The van der Waals surface area contributed by atoms with Gasteiger partial charge in [0.05, 0.1) is 29.8 Å². The zero-order valence-corrected chi connectivity index (χ0v) is 21.3. The van der Waals surface area contributed by atoms with Gasteiger partial charge in [-0.25, -0.2) is 18.4 Å². The molecule has 0 spiro atoms. The lowest BCUT2D eigenvalue weighted by molar-refractivity contribution is -0.127. The van der Waals surface area contributed by atoms with Crippen LogP contribution in [0.15, 0.2) is 18.7 Å². The summed E-state index contributed by atoms with van der Waals surface area (Å²) in [6.45, 7) is 2.18. The van der Waals surface area contributed by atoms with E-state index in [0.717, 1.165) is 6.07 Å². The van der Waals surface area contributed by atoms with Crippen LogP contribution in [0.5, 0.6) is 0 Å². The largest absolute Gasteiger partial charge is 0.383 e. The maximum absolute atomic E-state index is 15.2. The van der Waals surface area contributed by atoms with Crippen LogP contribution in [0.2, 0.25) is 0 Å². The summed E-state index contributed by atoms with van der Waals surface area (Å²) in [5.41, 5.74) is 3.67. The summed E-state index contributed by atoms with van der Waals surface area (Å²) in [7, 11) is 3.03. The van der Waals surface area contributed by atoms with Gasteiger partial charge in [-0.1, -0.05) is 12.5 Å². The van der Waals surface area contributed by atoms with Crippen LogP contribution < -0.4 is 11.1 Å². The van der Waals surface area contributed by atoms with Gasteiger partial charge >= 0.3 is 6.55 Å². The fraction of sp³-hybridized carbons (Fsp3) is 0.360. The lowest BCUT2D eigenvalue weighted by Crippen LogP contribution is -2.37. The Morgan fingerprint density at radius 1 is 1.36 bits per heavy atom. The Bertz CT molecular complexity index is 1540. The minimum absolute atomic E-state index is 0.124. The summed E-state index contributed by atoms with van der Waals surface area (Å²) < 4.78 is 63.8. The molecule has 3 aromatic rings. The number of aromatic nitrogens is 4. The first-order valence-corrected chi connectivity index (χ1v) is 11.7. The van der Waals surface area contributed by atoms with Gasteiger partial charge in [-0.3, -0.25) is 14.2 Å². The predicted octanol–water partition coefficient (Wildman–Crippen LogP) is 2.73. The quantitative estimate of drug-likeness (QED) is 0.267. The number of hydrogen-bond donors (Lipinski definition) is 2. The van der Waals surface area contributed by atoms with E-state index in [1.807, 2.05) is 0 Å². The van der Waals surface area contributed by atoms with Crippen molar-refractivity contribution in [2.75, 3.05) is 32.6 Å². The number of nitrogens with one attached hydrogen (secondary N) is 1. The number of alkyl halides is 2. The van der Waals surface area contributed by atoms with Crippen molar-refractivity contribution in [2.45, 2.75) is 32.0 Å².